The number of H-pyrrole nitrogens is 1. The molecule has 0 amide bonds. The Kier molecular flexibility index (Phi) is 6.18. The van der Waals surface area contributed by atoms with Crippen molar-refractivity contribution in [2.45, 2.75) is 54.8 Å². The lowest BCUT2D eigenvalue weighted by Crippen LogP contribution is -2.36. The van der Waals surface area contributed by atoms with Gasteiger partial charge in [-0.05, 0) is 17.9 Å². The lowest BCUT2D eigenvalue weighted by atomic mass is 10.1. The fraction of sp³-hybridized carbons (Fsp3) is 0.476. The Bertz CT molecular complexity index is 1830. The summed E-state index contributed by atoms with van der Waals surface area (Å²) in [7, 11) is 0. The third kappa shape index (κ3) is 4.06. The molecule has 0 aromatic carbocycles. The SMILES string of the molecule is Nc1nc2c(ncn2[C@@H]2O[C@@H]3C(O)[C@@]3(F)[C@H]2OP(O)(=S)OC[C@H]2O[C@@H](n3ccc4c(N)ncnc43)[C@@H](F)[C@@H]2O)c(=O)[nH]1. The fourth-order valence-corrected chi connectivity index (χ4v) is 6.76. The highest BCUT2D eigenvalue weighted by atomic mass is 32.5. The number of nitrogens with one attached hydrogen (secondary N) is 1. The number of halogens is 2. The van der Waals surface area contributed by atoms with Crippen LogP contribution in [0.1, 0.15) is 12.5 Å². The van der Waals surface area contributed by atoms with E-state index in [4.69, 9.17) is 41.8 Å². The van der Waals surface area contributed by atoms with Crippen LogP contribution < -0.4 is 17.0 Å². The van der Waals surface area contributed by atoms with Crippen molar-refractivity contribution >= 4 is 52.5 Å². The maximum Gasteiger partial charge on any atom is 0.325 e. The minimum Gasteiger partial charge on any atom is -0.387 e. The van der Waals surface area contributed by atoms with Gasteiger partial charge in [-0.2, -0.15) is 4.98 Å². The lowest BCUT2D eigenvalue weighted by Gasteiger charge is -2.29. The minimum absolute atomic E-state index is 0.0755. The topological polar surface area (TPSA) is 244 Å². The van der Waals surface area contributed by atoms with E-state index in [0.29, 0.717) is 5.39 Å². The zero-order valence-corrected chi connectivity index (χ0v) is 22.7. The first-order chi connectivity index (χ1) is 19.9. The highest BCUT2D eigenvalue weighted by molar-refractivity contribution is 8.07. The van der Waals surface area contributed by atoms with Gasteiger partial charge in [-0.15, -0.1) is 0 Å². The first-order valence-electron chi connectivity index (χ1n) is 12.4. The normalized spacial score (nSPS) is 35.5. The summed E-state index contributed by atoms with van der Waals surface area (Å²) in [6.45, 7) is -5.01. The van der Waals surface area contributed by atoms with Crippen LogP contribution in [0.4, 0.5) is 20.5 Å². The number of imidazole rings is 1. The monoisotopic (exact) mass is 629 g/mol. The Labute approximate surface area is 237 Å². The van der Waals surface area contributed by atoms with Crippen molar-refractivity contribution in [3.8, 4) is 0 Å². The summed E-state index contributed by atoms with van der Waals surface area (Å²) in [4.78, 5) is 41.2. The molecule has 1 aliphatic carbocycles. The number of aromatic amines is 1. The standard InChI is InChI=1S/C21H22F2N9O8PS/c22-8-10(33)7(38-18(8)31-2-1-6-14(24)26-4-27-15(6)31)3-37-41(36,42)40-13-19(39-12-11(34)21(12,13)23)32-5-28-9-16(32)29-20(25)30-17(9)35/h1-2,4-5,7-8,10-13,18-19,33-34H,3H2,(H,36,42)(H2,24,26,27)(H3,25,29,30,35)/t7-,8+,10-,11?,12-,13+,18-,19-,21+,41?/m1/s1. The van der Waals surface area contributed by atoms with Crippen LogP contribution in [0.15, 0.2) is 29.7 Å². The highest BCUT2D eigenvalue weighted by Gasteiger charge is 2.80. The molecule has 0 bridgehead atoms. The summed E-state index contributed by atoms with van der Waals surface area (Å²) < 4.78 is 55.4. The van der Waals surface area contributed by atoms with Crippen LogP contribution in [0.3, 0.4) is 0 Å². The van der Waals surface area contributed by atoms with Crippen molar-refractivity contribution in [3.05, 3.63) is 35.3 Å². The zero-order valence-electron chi connectivity index (χ0n) is 21.0. The van der Waals surface area contributed by atoms with Gasteiger partial charge in [-0.25, -0.2) is 23.7 Å². The molecule has 4 aromatic heterocycles. The van der Waals surface area contributed by atoms with Gasteiger partial charge in [0.2, 0.25) is 5.95 Å². The van der Waals surface area contributed by atoms with Gasteiger partial charge in [0.05, 0.1) is 18.3 Å². The molecule has 3 aliphatic rings. The molecule has 224 valence electrons. The second-order valence-electron chi connectivity index (χ2n) is 10.0. The number of ether oxygens (including phenoxy) is 2. The Morgan fingerprint density at radius 1 is 1.19 bits per heavy atom. The number of aliphatic hydroxyl groups excluding tert-OH is 2. The van der Waals surface area contributed by atoms with Crippen molar-refractivity contribution in [2.75, 3.05) is 18.1 Å². The maximum atomic E-state index is 15.7. The maximum absolute atomic E-state index is 15.7. The van der Waals surface area contributed by atoms with Gasteiger partial charge in [-0.3, -0.25) is 18.9 Å². The summed E-state index contributed by atoms with van der Waals surface area (Å²) in [6.07, 6.45) is -8.62. The van der Waals surface area contributed by atoms with Crippen molar-refractivity contribution in [1.82, 2.24) is 34.1 Å². The Balaban J connectivity index is 1.09. The van der Waals surface area contributed by atoms with Gasteiger partial charge in [0.25, 0.3) is 5.56 Å². The number of alkyl halides is 2. The van der Waals surface area contributed by atoms with Crippen LogP contribution in [-0.4, -0.2) is 98.1 Å². The lowest BCUT2D eigenvalue weighted by molar-refractivity contribution is -0.0794. The molecule has 1 saturated carbocycles. The van der Waals surface area contributed by atoms with Gasteiger partial charge in [0.15, 0.2) is 41.6 Å². The molecule has 42 heavy (non-hydrogen) atoms. The molecule has 2 aliphatic heterocycles. The number of hydrogen-bond donors (Lipinski definition) is 6. The molecule has 2 saturated heterocycles. The predicted molar refractivity (Wildman–Crippen MR) is 140 cm³/mol. The highest BCUT2D eigenvalue weighted by Crippen LogP contribution is 2.62. The van der Waals surface area contributed by atoms with E-state index in [-0.39, 0.29) is 28.6 Å². The van der Waals surface area contributed by atoms with Crippen LogP contribution in [-0.2, 0) is 30.3 Å². The number of rotatable bonds is 7. The number of nitrogens with zero attached hydrogens (tertiary/aromatic N) is 6. The predicted octanol–water partition coefficient (Wildman–Crippen LogP) is -1.08. The van der Waals surface area contributed by atoms with Crippen molar-refractivity contribution in [1.29, 1.82) is 0 Å². The van der Waals surface area contributed by atoms with E-state index in [9.17, 15) is 19.9 Å². The quantitative estimate of drug-likeness (QED) is 0.133. The summed E-state index contributed by atoms with van der Waals surface area (Å²) >= 11 is 5.08. The molecule has 21 heteroatoms. The van der Waals surface area contributed by atoms with Crippen LogP contribution in [0.25, 0.3) is 22.2 Å². The largest absolute Gasteiger partial charge is 0.387 e. The molecule has 2 unspecified atom stereocenters. The molecule has 0 spiro atoms. The number of nitrogen functional groups attached to an aromatic ring is 2. The number of aromatic nitrogens is 7. The summed E-state index contributed by atoms with van der Waals surface area (Å²) in [5.41, 5.74) is 8.36. The molecule has 4 aromatic rings. The van der Waals surface area contributed by atoms with Gasteiger partial charge in [-0.1, -0.05) is 0 Å². The van der Waals surface area contributed by atoms with Crippen LogP contribution in [0.5, 0.6) is 0 Å². The third-order valence-corrected chi connectivity index (χ3v) is 9.07. The van der Waals surface area contributed by atoms with E-state index in [1.165, 1.54) is 17.1 Å². The second-order valence-corrected chi connectivity index (χ2v) is 12.8. The fourth-order valence-electron chi connectivity index (χ4n) is 5.35. The molecule has 3 fully saturated rings. The summed E-state index contributed by atoms with van der Waals surface area (Å²) in [5.74, 6) is -0.0767. The Morgan fingerprint density at radius 2 is 1.98 bits per heavy atom. The number of hydrogen-bond acceptors (Lipinski definition) is 14. The molecule has 10 atom stereocenters. The zero-order chi connectivity index (χ0) is 29.7. The van der Waals surface area contributed by atoms with Crippen LogP contribution in [0.2, 0.25) is 0 Å². The van der Waals surface area contributed by atoms with E-state index >= 15 is 8.78 Å². The van der Waals surface area contributed by atoms with Crippen molar-refractivity contribution < 1.29 is 42.4 Å². The third-order valence-electron chi connectivity index (χ3n) is 7.53. The van der Waals surface area contributed by atoms with Gasteiger partial charge >= 0.3 is 6.72 Å². The van der Waals surface area contributed by atoms with Crippen LogP contribution >= 0.6 is 6.72 Å². The van der Waals surface area contributed by atoms with E-state index in [0.717, 1.165) is 10.9 Å². The second kappa shape index (κ2) is 9.40. The van der Waals surface area contributed by atoms with Crippen LogP contribution in [0, 0.1) is 0 Å². The molecule has 17 nitrogen and oxygen atoms in total. The first-order valence-corrected chi connectivity index (χ1v) is 14.9. The Hall–Kier alpha value is -3.20. The average Bonchev–Trinajstić information content (AvgIpc) is 3.47. The molecule has 6 heterocycles. The number of aliphatic hydroxyl groups is 2. The van der Waals surface area contributed by atoms with Gasteiger partial charge in [0, 0.05) is 6.20 Å². The molecular formula is C21H22F2N9O8PS. The number of fused-ring (bicyclic) bond motifs is 3. The van der Waals surface area contributed by atoms with Gasteiger partial charge in [0.1, 0.15) is 42.2 Å². The van der Waals surface area contributed by atoms with Gasteiger partial charge < -0.3 is 45.1 Å². The number of anilines is 2. The molecular weight excluding hydrogens is 607 g/mol. The average molecular weight is 629 g/mol. The number of nitrogens with two attached hydrogens (primary N) is 2. The Morgan fingerprint density at radius 3 is 2.76 bits per heavy atom. The smallest absolute Gasteiger partial charge is 0.325 e. The summed E-state index contributed by atoms with van der Waals surface area (Å²) in [6, 6.07) is 1.56. The van der Waals surface area contributed by atoms with E-state index in [2.05, 4.69) is 24.9 Å². The summed E-state index contributed by atoms with van der Waals surface area (Å²) in [5, 5.41) is 21.1. The van der Waals surface area contributed by atoms with Crippen molar-refractivity contribution in [2.24, 2.45) is 0 Å². The minimum atomic E-state index is -4.37. The molecule has 8 N–H and O–H groups in total. The van der Waals surface area contributed by atoms with E-state index in [1.54, 1.807) is 6.07 Å². The van der Waals surface area contributed by atoms with E-state index in [1.807, 2.05) is 0 Å². The van der Waals surface area contributed by atoms with Crippen molar-refractivity contribution in [3.63, 3.8) is 0 Å². The molecule has 7 rings (SSSR count). The molecule has 0 radical (unpaired) electrons. The van der Waals surface area contributed by atoms with E-state index < -0.39 is 73.7 Å². The first kappa shape index (κ1) is 27.6.